The molecule has 3 rings (SSSR count). The van der Waals surface area contributed by atoms with Crippen molar-refractivity contribution in [3.05, 3.63) is 23.2 Å². The fourth-order valence-electron chi connectivity index (χ4n) is 3.77. The molecule has 1 N–H and O–H groups in total. The molecule has 1 aliphatic carbocycles. The zero-order valence-electron chi connectivity index (χ0n) is 14.2. The summed E-state index contributed by atoms with van der Waals surface area (Å²) in [6.07, 6.45) is 3.38. The van der Waals surface area contributed by atoms with Crippen LogP contribution in [0.3, 0.4) is 0 Å². The highest BCUT2D eigenvalue weighted by Crippen LogP contribution is 2.42. The zero-order valence-corrected chi connectivity index (χ0v) is 14.2. The van der Waals surface area contributed by atoms with E-state index < -0.39 is 0 Å². The molecule has 1 aliphatic heterocycles. The van der Waals surface area contributed by atoms with Gasteiger partial charge in [-0.3, -0.25) is 0 Å². The van der Waals surface area contributed by atoms with Gasteiger partial charge in [-0.25, -0.2) is 4.79 Å². The zero-order chi connectivity index (χ0) is 16.6. The molecule has 5 heteroatoms. The summed E-state index contributed by atoms with van der Waals surface area (Å²) in [5.74, 6) is 2.00. The molecule has 1 fully saturated rings. The van der Waals surface area contributed by atoms with Crippen LogP contribution in [0.2, 0.25) is 0 Å². The van der Waals surface area contributed by atoms with Gasteiger partial charge in [-0.1, -0.05) is 13.8 Å². The maximum atomic E-state index is 12.6. The first-order valence-corrected chi connectivity index (χ1v) is 8.42. The fourth-order valence-corrected chi connectivity index (χ4v) is 3.77. The molecule has 0 radical (unpaired) electrons. The molecule has 23 heavy (non-hydrogen) atoms. The number of urea groups is 1. The van der Waals surface area contributed by atoms with Crippen LogP contribution in [0.5, 0.6) is 0 Å². The first kappa shape index (κ1) is 15.9. The Kier molecular flexibility index (Phi) is 4.09. The third-order valence-corrected chi connectivity index (χ3v) is 5.00. The van der Waals surface area contributed by atoms with E-state index in [0.29, 0.717) is 13.1 Å². The lowest BCUT2D eigenvalue weighted by Crippen LogP contribution is -2.46. The van der Waals surface area contributed by atoms with Crippen LogP contribution >= 0.6 is 0 Å². The number of amides is 2. The average Bonchev–Trinajstić information content (AvgIpc) is 2.86. The summed E-state index contributed by atoms with van der Waals surface area (Å²) in [4.78, 5) is 14.4. The monoisotopic (exact) mass is 315 g/mol. The standard InChI is InChI=1S/C18H25N3O2/c1-12-8-14-15(9-18(2,3)10-16(14)23-12)20-17(22)21-6-4-13(11-19)5-7-21/h8,13,15H,4-7,9-10H2,1-3H3,(H,20,22). The van der Waals surface area contributed by atoms with E-state index in [2.05, 4.69) is 31.3 Å². The Morgan fingerprint density at radius 2 is 2.13 bits per heavy atom. The highest BCUT2D eigenvalue weighted by molar-refractivity contribution is 5.75. The van der Waals surface area contributed by atoms with Crippen molar-refractivity contribution >= 4 is 6.03 Å². The molecule has 2 amide bonds. The van der Waals surface area contributed by atoms with E-state index >= 15 is 0 Å². The van der Waals surface area contributed by atoms with Gasteiger partial charge < -0.3 is 14.6 Å². The number of likely N-dealkylation sites (tertiary alicyclic amines) is 1. The average molecular weight is 315 g/mol. The molecule has 2 aliphatic rings. The van der Waals surface area contributed by atoms with Gasteiger partial charge >= 0.3 is 6.03 Å². The molecule has 5 nitrogen and oxygen atoms in total. The minimum atomic E-state index is -0.0195. The summed E-state index contributed by atoms with van der Waals surface area (Å²) in [7, 11) is 0. The van der Waals surface area contributed by atoms with Crippen molar-refractivity contribution < 1.29 is 9.21 Å². The van der Waals surface area contributed by atoms with E-state index in [1.807, 2.05) is 11.8 Å². The molecule has 1 saturated heterocycles. The van der Waals surface area contributed by atoms with Gasteiger partial charge in [0.2, 0.25) is 0 Å². The number of nitriles is 1. The number of piperidine rings is 1. The van der Waals surface area contributed by atoms with E-state index in [9.17, 15) is 4.79 Å². The molecule has 2 heterocycles. The van der Waals surface area contributed by atoms with Crippen molar-refractivity contribution in [2.75, 3.05) is 13.1 Å². The van der Waals surface area contributed by atoms with E-state index in [0.717, 1.165) is 42.8 Å². The van der Waals surface area contributed by atoms with Gasteiger partial charge in [-0.05, 0) is 37.7 Å². The van der Waals surface area contributed by atoms with Gasteiger partial charge in [-0.2, -0.15) is 5.26 Å². The molecule has 0 bridgehead atoms. The SMILES string of the molecule is Cc1cc2c(o1)CC(C)(C)CC2NC(=O)N1CCC(C#N)CC1. The van der Waals surface area contributed by atoms with Crippen LogP contribution in [0.25, 0.3) is 0 Å². The number of aryl methyl sites for hydroxylation is 1. The number of hydrogen-bond acceptors (Lipinski definition) is 3. The molecule has 1 aromatic heterocycles. The van der Waals surface area contributed by atoms with Crippen molar-refractivity contribution in [1.29, 1.82) is 5.26 Å². The van der Waals surface area contributed by atoms with Crippen LogP contribution in [0, 0.1) is 29.6 Å². The number of nitrogens with zero attached hydrogens (tertiary/aromatic N) is 2. The number of rotatable bonds is 1. The van der Waals surface area contributed by atoms with E-state index in [-0.39, 0.29) is 23.4 Å². The van der Waals surface area contributed by atoms with Crippen LogP contribution in [-0.4, -0.2) is 24.0 Å². The van der Waals surface area contributed by atoms with E-state index in [4.69, 9.17) is 9.68 Å². The summed E-state index contributed by atoms with van der Waals surface area (Å²) in [5, 5.41) is 12.2. The molecule has 1 atom stereocenters. The quantitative estimate of drug-likeness (QED) is 0.861. The number of carbonyl (C=O) groups excluding carboxylic acids is 1. The first-order chi connectivity index (χ1) is 10.9. The van der Waals surface area contributed by atoms with E-state index in [1.165, 1.54) is 0 Å². The van der Waals surface area contributed by atoms with Gasteiger partial charge in [0.15, 0.2) is 0 Å². The molecule has 1 unspecified atom stereocenters. The largest absolute Gasteiger partial charge is 0.466 e. The van der Waals surface area contributed by atoms with Crippen LogP contribution in [0.1, 0.15) is 56.2 Å². The van der Waals surface area contributed by atoms with Crippen LogP contribution in [0.4, 0.5) is 4.79 Å². The summed E-state index contributed by atoms with van der Waals surface area (Å²) >= 11 is 0. The smallest absolute Gasteiger partial charge is 0.317 e. The van der Waals surface area contributed by atoms with Crippen molar-refractivity contribution in [3.8, 4) is 6.07 Å². The second kappa shape index (κ2) is 5.92. The maximum absolute atomic E-state index is 12.6. The van der Waals surface area contributed by atoms with Crippen molar-refractivity contribution in [3.63, 3.8) is 0 Å². The van der Waals surface area contributed by atoms with Crippen LogP contribution < -0.4 is 5.32 Å². The molecule has 0 spiro atoms. The van der Waals surface area contributed by atoms with Gasteiger partial charge in [0.05, 0.1) is 12.1 Å². The van der Waals surface area contributed by atoms with Crippen LogP contribution in [0.15, 0.2) is 10.5 Å². The molecule has 0 saturated carbocycles. The lowest BCUT2D eigenvalue weighted by Gasteiger charge is -2.36. The molecule has 124 valence electrons. The minimum absolute atomic E-state index is 0.00684. The van der Waals surface area contributed by atoms with Crippen molar-refractivity contribution in [2.45, 2.75) is 52.5 Å². The lowest BCUT2D eigenvalue weighted by molar-refractivity contribution is 0.166. The third kappa shape index (κ3) is 3.36. The lowest BCUT2D eigenvalue weighted by atomic mass is 9.75. The fraction of sp³-hybridized carbons (Fsp3) is 0.667. The normalized spacial score (nSPS) is 23.9. The summed E-state index contributed by atoms with van der Waals surface area (Å²) in [5.41, 5.74) is 1.24. The van der Waals surface area contributed by atoms with Crippen molar-refractivity contribution in [2.24, 2.45) is 11.3 Å². The second-order valence-corrected chi connectivity index (χ2v) is 7.67. The van der Waals surface area contributed by atoms with Gasteiger partial charge in [0.1, 0.15) is 11.5 Å². The number of hydrogen-bond donors (Lipinski definition) is 1. The second-order valence-electron chi connectivity index (χ2n) is 7.67. The Labute approximate surface area is 137 Å². The number of carbonyl (C=O) groups is 1. The Bertz CT molecular complexity index is 633. The molecular formula is C18H25N3O2. The summed E-state index contributed by atoms with van der Waals surface area (Å²) in [6.45, 7) is 7.71. The Morgan fingerprint density at radius 1 is 1.43 bits per heavy atom. The molecular weight excluding hydrogens is 290 g/mol. The number of fused-ring (bicyclic) bond motifs is 1. The van der Waals surface area contributed by atoms with Gasteiger partial charge in [0.25, 0.3) is 0 Å². The highest BCUT2D eigenvalue weighted by atomic mass is 16.3. The first-order valence-electron chi connectivity index (χ1n) is 8.42. The Hall–Kier alpha value is -1.96. The molecule has 0 aromatic carbocycles. The van der Waals surface area contributed by atoms with Gasteiger partial charge in [0, 0.05) is 31.0 Å². The predicted octanol–water partition coefficient (Wildman–Crippen LogP) is 3.55. The van der Waals surface area contributed by atoms with Crippen LogP contribution in [-0.2, 0) is 6.42 Å². The van der Waals surface area contributed by atoms with E-state index in [1.54, 1.807) is 0 Å². The van der Waals surface area contributed by atoms with Crippen molar-refractivity contribution in [1.82, 2.24) is 10.2 Å². The Balaban J connectivity index is 1.70. The summed E-state index contributed by atoms with van der Waals surface area (Å²) in [6, 6.07) is 4.34. The predicted molar refractivity (Wildman–Crippen MR) is 86.7 cm³/mol. The number of furan rings is 1. The maximum Gasteiger partial charge on any atom is 0.317 e. The van der Waals surface area contributed by atoms with Gasteiger partial charge in [-0.15, -0.1) is 0 Å². The summed E-state index contributed by atoms with van der Waals surface area (Å²) < 4.78 is 5.83. The highest BCUT2D eigenvalue weighted by Gasteiger charge is 2.36. The molecule has 1 aromatic rings. The Morgan fingerprint density at radius 3 is 2.78 bits per heavy atom. The minimum Gasteiger partial charge on any atom is -0.466 e. The third-order valence-electron chi connectivity index (χ3n) is 5.00. The topological polar surface area (TPSA) is 69.3 Å². The number of nitrogens with one attached hydrogen (secondary N) is 1.